The second kappa shape index (κ2) is 7.64. The summed E-state index contributed by atoms with van der Waals surface area (Å²) < 4.78 is 0. The van der Waals surface area contributed by atoms with Crippen molar-refractivity contribution in [1.82, 2.24) is 14.9 Å². The van der Waals surface area contributed by atoms with E-state index in [0.29, 0.717) is 24.7 Å². The topological polar surface area (TPSA) is 58.1 Å². The van der Waals surface area contributed by atoms with Crippen LogP contribution < -0.4 is 5.32 Å². The highest BCUT2D eigenvalue weighted by molar-refractivity contribution is 5.92. The fourth-order valence-corrected chi connectivity index (χ4v) is 2.59. The first-order valence-electron chi connectivity index (χ1n) is 8.77. The fraction of sp³-hybridized carbons (Fsp3) is 0.450. The molecule has 0 spiro atoms. The van der Waals surface area contributed by atoms with Crippen LogP contribution in [0.25, 0.3) is 0 Å². The third-order valence-corrected chi connectivity index (χ3v) is 4.13. The van der Waals surface area contributed by atoms with Gasteiger partial charge in [-0.2, -0.15) is 0 Å². The molecule has 1 aromatic heterocycles. The molecular weight excluding hydrogens is 312 g/mol. The maximum atomic E-state index is 12.5. The summed E-state index contributed by atoms with van der Waals surface area (Å²) in [5.74, 6) is 0.376. The van der Waals surface area contributed by atoms with E-state index in [1.165, 1.54) is 5.56 Å². The number of hydrogen-bond donors (Lipinski definition) is 1. The lowest BCUT2D eigenvalue weighted by Gasteiger charge is -2.19. The fourth-order valence-electron chi connectivity index (χ4n) is 2.59. The number of aryl methyl sites for hydroxylation is 1. The number of aromatic nitrogens is 2. The van der Waals surface area contributed by atoms with E-state index in [0.717, 1.165) is 11.4 Å². The van der Waals surface area contributed by atoms with E-state index in [4.69, 9.17) is 0 Å². The van der Waals surface area contributed by atoms with E-state index in [1.54, 1.807) is 11.0 Å². The van der Waals surface area contributed by atoms with Crippen molar-refractivity contribution in [3.05, 3.63) is 47.3 Å². The van der Waals surface area contributed by atoms with Gasteiger partial charge in [0.05, 0.1) is 0 Å². The van der Waals surface area contributed by atoms with Crippen molar-refractivity contribution in [2.75, 3.05) is 18.4 Å². The van der Waals surface area contributed by atoms with Crippen LogP contribution in [0, 0.1) is 6.92 Å². The van der Waals surface area contributed by atoms with Crippen LogP contribution in [0.1, 0.15) is 56.4 Å². The predicted molar refractivity (Wildman–Crippen MR) is 102 cm³/mol. The lowest BCUT2D eigenvalue weighted by atomic mass is 9.87. The molecule has 0 radical (unpaired) electrons. The summed E-state index contributed by atoms with van der Waals surface area (Å²) in [6.07, 6.45) is 0. The summed E-state index contributed by atoms with van der Waals surface area (Å²) in [7, 11) is 0. The average Bonchev–Trinajstić information content (AvgIpc) is 2.55. The summed E-state index contributed by atoms with van der Waals surface area (Å²) in [6, 6.07) is 9.95. The standard InChI is InChI=1S/C20H28N4O/c1-7-24(8-2)18(25)17-13-14(3)21-19(23-17)22-16-11-9-15(10-12-16)20(4,5)6/h9-13H,7-8H2,1-6H3,(H,21,22,23). The van der Waals surface area contributed by atoms with Gasteiger partial charge in [0.15, 0.2) is 0 Å². The molecule has 2 aromatic rings. The SMILES string of the molecule is CCN(CC)C(=O)c1cc(C)nc(Nc2ccc(C(C)(C)C)cc2)n1. The minimum Gasteiger partial charge on any atom is -0.338 e. The van der Waals surface area contributed by atoms with Crippen LogP contribution in [0.15, 0.2) is 30.3 Å². The molecule has 0 aliphatic rings. The molecule has 2 rings (SSSR count). The van der Waals surface area contributed by atoms with Crippen molar-refractivity contribution in [2.24, 2.45) is 0 Å². The molecule has 0 bridgehead atoms. The smallest absolute Gasteiger partial charge is 0.272 e. The molecule has 0 unspecified atom stereocenters. The maximum absolute atomic E-state index is 12.5. The van der Waals surface area contributed by atoms with E-state index in [1.807, 2.05) is 32.9 Å². The second-order valence-electron chi connectivity index (χ2n) is 7.15. The van der Waals surface area contributed by atoms with E-state index in [-0.39, 0.29) is 11.3 Å². The molecule has 0 fully saturated rings. The van der Waals surface area contributed by atoms with Crippen molar-refractivity contribution in [3.8, 4) is 0 Å². The van der Waals surface area contributed by atoms with Gasteiger partial charge in [-0.15, -0.1) is 0 Å². The molecule has 1 amide bonds. The maximum Gasteiger partial charge on any atom is 0.272 e. The minimum atomic E-state index is -0.0679. The van der Waals surface area contributed by atoms with Crippen LogP contribution in [0.5, 0.6) is 0 Å². The van der Waals surface area contributed by atoms with Crippen molar-refractivity contribution in [1.29, 1.82) is 0 Å². The number of nitrogens with one attached hydrogen (secondary N) is 1. The summed E-state index contributed by atoms with van der Waals surface area (Å²) in [5.41, 5.74) is 3.46. The largest absolute Gasteiger partial charge is 0.338 e. The van der Waals surface area contributed by atoms with Gasteiger partial charge in [-0.1, -0.05) is 32.9 Å². The van der Waals surface area contributed by atoms with Crippen LogP contribution in [-0.4, -0.2) is 33.9 Å². The Bertz CT molecular complexity index is 728. The van der Waals surface area contributed by atoms with Crippen LogP contribution in [0.2, 0.25) is 0 Å². The molecule has 134 valence electrons. The first-order chi connectivity index (χ1) is 11.7. The summed E-state index contributed by atoms with van der Waals surface area (Å²) >= 11 is 0. The van der Waals surface area contributed by atoms with E-state index in [2.05, 4.69) is 48.2 Å². The first kappa shape index (κ1) is 18.9. The Kier molecular flexibility index (Phi) is 5.77. The Morgan fingerprint density at radius 1 is 1.08 bits per heavy atom. The van der Waals surface area contributed by atoms with Gasteiger partial charge in [0, 0.05) is 24.5 Å². The summed E-state index contributed by atoms with van der Waals surface area (Å²) in [4.78, 5) is 23.1. The minimum absolute atomic E-state index is 0.0679. The summed E-state index contributed by atoms with van der Waals surface area (Å²) in [5, 5.41) is 3.20. The molecule has 0 aliphatic carbocycles. The van der Waals surface area contributed by atoms with Crippen LogP contribution in [0.4, 0.5) is 11.6 Å². The number of amides is 1. The van der Waals surface area contributed by atoms with Gasteiger partial charge < -0.3 is 10.2 Å². The highest BCUT2D eigenvalue weighted by atomic mass is 16.2. The normalized spacial score (nSPS) is 11.3. The lowest BCUT2D eigenvalue weighted by Crippen LogP contribution is -2.31. The highest BCUT2D eigenvalue weighted by Gasteiger charge is 2.16. The molecule has 0 atom stereocenters. The van der Waals surface area contributed by atoms with Gasteiger partial charge in [0.2, 0.25) is 5.95 Å². The van der Waals surface area contributed by atoms with Crippen LogP contribution in [0.3, 0.4) is 0 Å². The Hall–Kier alpha value is -2.43. The molecule has 25 heavy (non-hydrogen) atoms. The zero-order valence-corrected chi connectivity index (χ0v) is 16.1. The zero-order valence-electron chi connectivity index (χ0n) is 16.1. The monoisotopic (exact) mass is 340 g/mol. The Morgan fingerprint density at radius 2 is 1.68 bits per heavy atom. The average molecular weight is 340 g/mol. The second-order valence-corrected chi connectivity index (χ2v) is 7.15. The lowest BCUT2D eigenvalue weighted by molar-refractivity contribution is 0.0767. The van der Waals surface area contributed by atoms with Crippen molar-refractivity contribution < 1.29 is 4.79 Å². The number of rotatable bonds is 5. The van der Waals surface area contributed by atoms with Gasteiger partial charge in [-0.3, -0.25) is 4.79 Å². The third kappa shape index (κ3) is 4.78. The number of benzene rings is 1. The summed E-state index contributed by atoms with van der Waals surface area (Å²) in [6.45, 7) is 13.7. The zero-order chi connectivity index (χ0) is 18.6. The number of hydrogen-bond acceptors (Lipinski definition) is 4. The number of anilines is 2. The number of nitrogens with zero attached hydrogens (tertiary/aromatic N) is 3. The number of carbonyl (C=O) groups is 1. The van der Waals surface area contributed by atoms with Gasteiger partial charge in [0.1, 0.15) is 5.69 Å². The van der Waals surface area contributed by atoms with E-state index in [9.17, 15) is 4.79 Å². The van der Waals surface area contributed by atoms with Crippen molar-refractivity contribution in [3.63, 3.8) is 0 Å². The quantitative estimate of drug-likeness (QED) is 0.881. The molecule has 0 saturated carbocycles. The molecule has 0 aliphatic heterocycles. The molecule has 1 N–H and O–H groups in total. The molecule has 0 saturated heterocycles. The van der Waals surface area contributed by atoms with Crippen molar-refractivity contribution in [2.45, 2.75) is 47.0 Å². The predicted octanol–water partition coefficient (Wildman–Crippen LogP) is 4.31. The molecule has 1 aromatic carbocycles. The van der Waals surface area contributed by atoms with Gasteiger partial charge >= 0.3 is 0 Å². The third-order valence-electron chi connectivity index (χ3n) is 4.13. The Labute approximate surface area is 150 Å². The first-order valence-corrected chi connectivity index (χ1v) is 8.77. The Balaban J connectivity index is 2.24. The Morgan fingerprint density at radius 3 is 2.20 bits per heavy atom. The van der Waals surface area contributed by atoms with Crippen LogP contribution in [-0.2, 0) is 5.41 Å². The van der Waals surface area contributed by atoms with E-state index < -0.39 is 0 Å². The van der Waals surface area contributed by atoms with Crippen LogP contribution >= 0.6 is 0 Å². The molecule has 5 heteroatoms. The number of carbonyl (C=O) groups excluding carboxylic acids is 1. The molecule has 5 nitrogen and oxygen atoms in total. The van der Waals surface area contributed by atoms with E-state index >= 15 is 0 Å². The van der Waals surface area contributed by atoms with Gasteiger partial charge in [-0.05, 0) is 49.9 Å². The molecular formula is C20H28N4O. The molecule has 1 heterocycles. The van der Waals surface area contributed by atoms with Crippen molar-refractivity contribution >= 4 is 17.5 Å². The van der Waals surface area contributed by atoms with Gasteiger partial charge in [-0.25, -0.2) is 9.97 Å². The highest BCUT2D eigenvalue weighted by Crippen LogP contribution is 2.24. The van der Waals surface area contributed by atoms with Gasteiger partial charge in [0.25, 0.3) is 5.91 Å².